The lowest BCUT2D eigenvalue weighted by Gasteiger charge is -2.14. The second-order valence-electron chi connectivity index (χ2n) is 3.81. The van der Waals surface area contributed by atoms with Gasteiger partial charge >= 0.3 is 5.97 Å². The Labute approximate surface area is 89.5 Å². The molecular weight excluding hydrogens is 200 g/mol. The summed E-state index contributed by atoms with van der Waals surface area (Å²) in [6, 6.07) is 0. The third-order valence-corrected chi connectivity index (χ3v) is 2.85. The number of hydrogen-bond acceptors (Lipinski definition) is 4. The van der Waals surface area contributed by atoms with Gasteiger partial charge in [0, 0.05) is 12.2 Å². The van der Waals surface area contributed by atoms with Crippen LogP contribution in [-0.4, -0.2) is 30.4 Å². The first-order valence-corrected chi connectivity index (χ1v) is 6.37. The standard InChI is InChI=1S/C10H18O3S/c1-7(2)10(11)13-9-5-4-8(12-9)6-14-3/h7-9H,4-6H2,1-3H3. The smallest absolute Gasteiger partial charge is 0.310 e. The fourth-order valence-corrected chi connectivity index (χ4v) is 1.95. The van der Waals surface area contributed by atoms with E-state index in [1.807, 2.05) is 13.8 Å². The quantitative estimate of drug-likeness (QED) is 0.677. The molecule has 2 atom stereocenters. The molecule has 1 saturated heterocycles. The van der Waals surface area contributed by atoms with Crippen molar-refractivity contribution in [2.24, 2.45) is 5.92 Å². The van der Waals surface area contributed by atoms with Crippen LogP contribution in [0.4, 0.5) is 0 Å². The van der Waals surface area contributed by atoms with Crippen LogP contribution >= 0.6 is 11.8 Å². The monoisotopic (exact) mass is 218 g/mol. The zero-order valence-corrected chi connectivity index (χ0v) is 9.80. The third kappa shape index (κ3) is 3.50. The second kappa shape index (κ2) is 5.61. The molecule has 1 heterocycles. The molecule has 1 rings (SSSR count). The van der Waals surface area contributed by atoms with E-state index in [1.54, 1.807) is 11.8 Å². The molecule has 0 aromatic carbocycles. The molecule has 3 nitrogen and oxygen atoms in total. The van der Waals surface area contributed by atoms with Crippen molar-refractivity contribution in [2.45, 2.75) is 39.1 Å². The van der Waals surface area contributed by atoms with Crippen LogP contribution in [0, 0.1) is 5.92 Å². The highest BCUT2D eigenvalue weighted by Crippen LogP contribution is 2.23. The van der Waals surface area contributed by atoms with E-state index in [0.29, 0.717) is 0 Å². The molecule has 1 aliphatic heterocycles. The van der Waals surface area contributed by atoms with Gasteiger partial charge in [0.15, 0.2) is 0 Å². The zero-order chi connectivity index (χ0) is 10.6. The van der Waals surface area contributed by atoms with Crippen molar-refractivity contribution < 1.29 is 14.3 Å². The molecule has 0 aromatic heterocycles. The maximum absolute atomic E-state index is 11.3. The van der Waals surface area contributed by atoms with E-state index in [9.17, 15) is 4.79 Å². The lowest BCUT2D eigenvalue weighted by Crippen LogP contribution is -2.22. The molecular formula is C10H18O3S. The Morgan fingerprint density at radius 2 is 2.29 bits per heavy atom. The van der Waals surface area contributed by atoms with Gasteiger partial charge in [0.25, 0.3) is 0 Å². The Hall–Kier alpha value is -0.220. The Morgan fingerprint density at radius 1 is 1.57 bits per heavy atom. The van der Waals surface area contributed by atoms with Crippen molar-refractivity contribution in [3.8, 4) is 0 Å². The van der Waals surface area contributed by atoms with Crippen molar-refractivity contribution in [2.75, 3.05) is 12.0 Å². The molecule has 82 valence electrons. The molecule has 0 saturated carbocycles. The summed E-state index contributed by atoms with van der Waals surface area (Å²) in [5, 5.41) is 0. The van der Waals surface area contributed by atoms with Gasteiger partial charge in [-0.05, 0) is 12.7 Å². The molecule has 0 aliphatic carbocycles. The minimum Gasteiger partial charge on any atom is -0.436 e. The van der Waals surface area contributed by atoms with E-state index in [2.05, 4.69) is 6.26 Å². The van der Waals surface area contributed by atoms with E-state index in [1.165, 1.54) is 0 Å². The van der Waals surface area contributed by atoms with Crippen molar-refractivity contribution in [1.82, 2.24) is 0 Å². The van der Waals surface area contributed by atoms with E-state index in [-0.39, 0.29) is 24.3 Å². The average molecular weight is 218 g/mol. The normalized spacial score (nSPS) is 26.9. The number of ether oxygens (including phenoxy) is 2. The number of hydrogen-bond donors (Lipinski definition) is 0. The van der Waals surface area contributed by atoms with Crippen molar-refractivity contribution in [3.63, 3.8) is 0 Å². The van der Waals surface area contributed by atoms with Gasteiger partial charge in [0.1, 0.15) is 0 Å². The summed E-state index contributed by atoms with van der Waals surface area (Å²) in [4.78, 5) is 11.3. The summed E-state index contributed by atoms with van der Waals surface area (Å²) in [5.41, 5.74) is 0. The fourth-order valence-electron chi connectivity index (χ4n) is 1.33. The van der Waals surface area contributed by atoms with Gasteiger partial charge in [0.2, 0.25) is 6.29 Å². The molecule has 4 heteroatoms. The fraction of sp³-hybridized carbons (Fsp3) is 0.900. The summed E-state index contributed by atoms with van der Waals surface area (Å²) in [7, 11) is 0. The molecule has 1 aliphatic rings. The molecule has 14 heavy (non-hydrogen) atoms. The average Bonchev–Trinajstić information content (AvgIpc) is 2.53. The van der Waals surface area contributed by atoms with Gasteiger partial charge < -0.3 is 9.47 Å². The Kier molecular flexibility index (Phi) is 4.75. The summed E-state index contributed by atoms with van der Waals surface area (Å²) in [6.45, 7) is 3.66. The number of thioether (sulfide) groups is 1. The number of rotatable bonds is 4. The predicted molar refractivity (Wildman–Crippen MR) is 57.2 cm³/mol. The Balaban J connectivity index is 2.25. The summed E-state index contributed by atoms with van der Waals surface area (Å²) in [5.74, 6) is 0.744. The Morgan fingerprint density at radius 3 is 2.86 bits per heavy atom. The molecule has 0 N–H and O–H groups in total. The van der Waals surface area contributed by atoms with Gasteiger partial charge in [0.05, 0.1) is 12.0 Å². The summed E-state index contributed by atoms with van der Waals surface area (Å²) >= 11 is 1.76. The predicted octanol–water partition coefficient (Wildman–Crippen LogP) is 2.05. The van der Waals surface area contributed by atoms with E-state index >= 15 is 0 Å². The summed E-state index contributed by atoms with van der Waals surface area (Å²) in [6.07, 6.45) is 3.84. The van der Waals surface area contributed by atoms with Gasteiger partial charge in [-0.1, -0.05) is 13.8 Å². The second-order valence-corrected chi connectivity index (χ2v) is 4.72. The van der Waals surface area contributed by atoms with Crippen molar-refractivity contribution in [1.29, 1.82) is 0 Å². The van der Waals surface area contributed by atoms with Crippen LogP contribution in [-0.2, 0) is 14.3 Å². The van der Waals surface area contributed by atoms with Crippen LogP contribution in [0.25, 0.3) is 0 Å². The van der Waals surface area contributed by atoms with Crippen LogP contribution in [0.2, 0.25) is 0 Å². The first-order chi connectivity index (χ1) is 6.63. The molecule has 0 spiro atoms. The highest BCUT2D eigenvalue weighted by Gasteiger charge is 2.28. The molecule has 0 aromatic rings. The lowest BCUT2D eigenvalue weighted by molar-refractivity contribution is -0.177. The van der Waals surface area contributed by atoms with Gasteiger partial charge in [-0.25, -0.2) is 0 Å². The minimum absolute atomic E-state index is 0.0711. The van der Waals surface area contributed by atoms with Gasteiger partial charge in [-0.15, -0.1) is 0 Å². The van der Waals surface area contributed by atoms with Crippen LogP contribution in [0.3, 0.4) is 0 Å². The van der Waals surface area contributed by atoms with Crippen LogP contribution in [0.5, 0.6) is 0 Å². The topological polar surface area (TPSA) is 35.5 Å². The maximum Gasteiger partial charge on any atom is 0.310 e. The first-order valence-electron chi connectivity index (χ1n) is 4.98. The highest BCUT2D eigenvalue weighted by molar-refractivity contribution is 7.98. The maximum atomic E-state index is 11.3. The van der Waals surface area contributed by atoms with E-state index < -0.39 is 0 Å². The highest BCUT2D eigenvalue weighted by atomic mass is 32.2. The van der Waals surface area contributed by atoms with E-state index in [4.69, 9.17) is 9.47 Å². The summed E-state index contributed by atoms with van der Waals surface area (Å²) < 4.78 is 10.7. The molecule has 0 amide bonds. The number of carbonyl (C=O) groups is 1. The molecule has 0 radical (unpaired) electrons. The minimum atomic E-state index is -0.304. The van der Waals surface area contributed by atoms with Crippen LogP contribution in [0.15, 0.2) is 0 Å². The zero-order valence-electron chi connectivity index (χ0n) is 8.99. The van der Waals surface area contributed by atoms with Crippen molar-refractivity contribution >= 4 is 17.7 Å². The molecule has 2 unspecified atom stereocenters. The first kappa shape index (κ1) is 11.9. The molecule has 0 bridgehead atoms. The van der Waals surface area contributed by atoms with E-state index in [0.717, 1.165) is 18.6 Å². The number of esters is 1. The van der Waals surface area contributed by atoms with Crippen LogP contribution in [0.1, 0.15) is 26.7 Å². The number of carbonyl (C=O) groups excluding carboxylic acids is 1. The van der Waals surface area contributed by atoms with Crippen molar-refractivity contribution in [3.05, 3.63) is 0 Å². The van der Waals surface area contributed by atoms with Gasteiger partial charge in [-0.2, -0.15) is 11.8 Å². The largest absolute Gasteiger partial charge is 0.436 e. The molecule has 1 fully saturated rings. The van der Waals surface area contributed by atoms with Crippen LogP contribution < -0.4 is 0 Å². The Bertz CT molecular complexity index is 194. The van der Waals surface area contributed by atoms with Gasteiger partial charge in [-0.3, -0.25) is 4.79 Å². The third-order valence-electron chi connectivity index (χ3n) is 2.14. The lowest BCUT2D eigenvalue weighted by atomic mass is 10.2. The SMILES string of the molecule is CSCC1CCC(OC(=O)C(C)C)O1.